The van der Waals surface area contributed by atoms with Crippen molar-refractivity contribution in [2.75, 3.05) is 5.73 Å². The van der Waals surface area contributed by atoms with Gasteiger partial charge in [0.2, 0.25) is 11.7 Å². The molecule has 4 N–H and O–H groups in total. The number of hydrogen-bond acceptors (Lipinski definition) is 6. The van der Waals surface area contributed by atoms with Crippen LogP contribution in [0.3, 0.4) is 0 Å². The molecule has 9 nitrogen and oxygen atoms in total. The lowest BCUT2D eigenvalue weighted by atomic mass is 10.4. The first-order chi connectivity index (χ1) is 9.56. The molecule has 3 heterocycles. The van der Waals surface area contributed by atoms with Gasteiger partial charge in [0.25, 0.3) is 5.56 Å². The summed E-state index contributed by atoms with van der Waals surface area (Å²) in [5.41, 5.74) is 5.75. The van der Waals surface area contributed by atoms with Crippen LogP contribution < -0.4 is 11.3 Å². The number of aromatic carboxylic acids is 1. The van der Waals surface area contributed by atoms with Gasteiger partial charge in [-0.3, -0.25) is 9.36 Å². The highest BCUT2D eigenvalue weighted by Gasteiger charge is 2.14. The van der Waals surface area contributed by atoms with Crippen molar-refractivity contribution in [3.8, 4) is 0 Å². The van der Waals surface area contributed by atoms with Crippen molar-refractivity contribution in [3.05, 3.63) is 40.3 Å². The molecule has 3 aromatic heterocycles. The van der Waals surface area contributed by atoms with Crippen molar-refractivity contribution in [1.82, 2.24) is 19.5 Å². The Balaban J connectivity index is 2.05. The van der Waals surface area contributed by atoms with Gasteiger partial charge in [0.15, 0.2) is 11.2 Å². The smallest absolute Gasteiger partial charge is 0.371 e. The van der Waals surface area contributed by atoms with Crippen LogP contribution in [0.5, 0.6) is 0 Å². The van der Waals surface area contributed by atoms with E-state index in [-0.39, 0.29) is 35.2 Å². The Morgan fingerprint density at radius 2 is 2.30 bits per heavy atom. The van der Waals surface area contributed by atoms with Gasteiger partial charge in [-0.1, -0.05) is 0 Å². The predicted molar refractivity (Wildman–Crippen MR) is 67.3 cm³/mol. The van der Waals surface area contributed by atoms with E-state index in [1.54, 1.807) is 0 Å². The van der Waals surface area contributed by atoms with Gasteiger partial charge in [0.05, 0.1) is 12.9 Å². The summed E-state index contributed by atoms with van der Waals surface area (Å²) in [4.78, 5) is 33.4. The van der Waals surface area contributed by atoms with Crippen LogP contribution in [-0.4, -0.2) is 30.6 Å². The molecular formula is C11H9N5O4. The maximum atomic E-state index is 12.2. The quantitative estimate of drug-likeness (QED) is 0.612. The van der Waals surface area contributed by atoms with Gasteiger partial charge in [-0.2, -0.15) is 4.98 Å². The fourth-order valence-electron chi connectivity index (χ4n) is 1.82. The van der Waals surface area contributed by atoms with E-state index in [2.05, 4.69) is 15.0 Å². The molecule has 3 rings (SSSR count). The van der Waals surface area contributed by atoms with Crippen LogP contribution in [0.2, 0.25) is 0 Å². The molecule has 0 aliphatic heterocycles. The lowest BCUT2D eigenvalue weighted by Crippen LogP contribution is -2.25. The number of nitrogen functional groups attached to an aromatic ring is 1. The largest absolute Gasteiger partial charge is 0.475 e. The van der Waals surface area contributed by atoms with Crippen molar-refractivity contribution < 1.29 is 14.3 Å². The van der Waals surface area contributed by atoms with E-state index in [0.717, 1.165) is 0 Å². The van der Waals surface area contributed by atoms with E-state index in [1.807, 2.05) is 0 Å². The third-order valence-electron chi connectivity index (χ3n) is 2.76. The van der Waals surface area contributed by atoms with Crippen molar-refractivity contribution >= 4 is 23.1 Å². The number of hydrogen-bond donors (Lipinski definition) is 3. The summed E-state index contributed by atoms with van der Waals surface area (Å²) in [6.45, 7) is -0.0140. The number of nitrogens with zero attached hydrogens (tertiary/aromatic N) is 3. The topological polar surface area (TPSA) is 140 Å². The van der Waals surface area contributed by atoms with E-state index < -0.39 is 11.5 Å². The normalized spacial score (nSPS) is 11.0. The van der Waals surface area contributed by atoms with Crippen molar-refractivity contribution in [1.29, 1.82) is 0 Å². The van der Waals surface area contributed by atoms with Gasteiger partial charge >= 0.3 is 5.97 Å². The molecule has 0 bridgehead atoms. The number of aromatic amines is 1. The molecule has 0 atom stereocenters. The molecule has 0 aliphatic rings. The Labute approximate surface area is 110 Å². The number of carbonyl (C=O) groups is 1. The number of aromatic nitrogens is 4. The molecule has 102 valence electrons. The number of imidazole rings is 1. The zero-order valence-electron chi connectivity index (χ0n) is 10.0. The number of nitrogens with one attached hydrogen (secondary N) is 1. The minimum atomic E-state index is -1.18. The van der Waals surface area contributed by atoms with Gasteiger partial charge in [0, 0.05) is 0 Å². The van der Waals surface area contributed by atoms with Crippen LogP contribution in [0.15, 0.2) is 27.7 Å². The molecule has 0 fully saturated rings. The van der Waals surface area contributed by atoms with E-state index in [4.69, 9.17) is 15.3 Å². The minimum absolute atomic E-state index is 0.0140. The van der Waals surface area contributed by atoms with Crippen LogP contribution in [0.4, 0.5) is 5.95 Å². The summed E-state index contributed by atoms with van der Waals surface area (Å²) in [6, 6.07) is 2.77. The summed E-state index contributed by atoms with van der Waals surface area (Å²) in [5.74, 6) is -1.12. The average Bonchev–Trinajstić information content (AvgIpc) is 3.02. The molecule has 3 aromatic rings. The summed E-state index contributed by atoms with van der Waals surface area (Å²) in [5, 5.41) is 8.77. The fraction of sp³-hybridized carbons (Fsp3) is 0.0909. The van der Waals surface area contributed by atoms with Crippen LogP contribution in [0.25, 0.3) is 11.2 Å². The molecule has 20 heavy (non-hydrogen) atoms. The molecule has 0 saturated carbocycles. The van der Waals surface area contributed by atoms with Gasteiger partial charge in [0.1, 0.15) is 5.76 Å². The van der Waals surface area contributed by atoms with Crippen LogP contribution in [-0.2, 0) is 6.54 Å². The standard InChI is InChI=1S/C11H9N5O4/c12-11-15-8-7(13-4-14-8)9(17)16(11)3-5-1-2-6(20-5)10(18)19/h1-2,4H,3H2,(H2,12,15)(H,13,14)(H,18,19). The zero-order chi connectivity index (χ0) is 14.3. The van der Waals surface area contributed by atoms with Crippen molar-refractivity contribution in [2.45, 2.75) is 6.54 Å². The molecule has 0 amide bonds. The van der Waals surface area contributed by atoms with Gasteiger partial charge in [-0.15, -0.1) is 0 Å². The van der Waals surface area contributed by atoms with E-state index in [9.17, 15) is 9.59 Å². The summed E-state index contributed by atoms with van der Waals surface area (Å²) in [7, 11) is 0. The predicted octanol–water partition coefficient (Wildman–Crippen LogP) is 0.0413. The Morgan fingerprint density at radius 3 is 3.00 bits per heavy atom. The molecular weight excluding hydrogens is 266 g/mol. The molecule has 0 aliphatic carbocycles. The Bertz CT molecular complexity index is 859. The highest BCUT2D eigenvalue weighted by atomic mass is 16.4. The number of rotatable bonds is 3. The van der Waals surface area contributed by atoms with Crippen molar-refractivity contribution in [2.24, 2.45) is 0 Å². The minimum Gasteiger partial charge on any atom is -0.475 e. The monoisotopic (exact) mass is 275 g/mol. The summed E-state index contributed by atoms with van der Waals surface area (Å²) < 4.78 is 6.26. The third kappa shape index (κ3) is 1.81. The molecule has 9 heteroatoms. The van der Waals surface area contributed by atoms with Crippen molar-refractivity contribution in [3.63, 3.8) is 0 Å². The first-order valence-corrected chi connectivity index (χ1v) is 5.57. The maximum Gasteiger partial charge on any atom is 0.371 e. The highest BCUT2D eigenvalue weighted by Crippen LogP contribution is 2.11. The SMILES string of the molecule is Nc1nc2nc[nH]c2c(=O)n1Cc1ccc(C(=O)O)o1. The van der Waals surface area contributed by atoms with Crippen LogP contribution >= 0.6 is 0 Å². The number of nitrogens with two attached hydrogens (primary N) is 1. The van der Waals surface area contributed by atoms with Gasteiger partial charge < -0.3 is 20.2 Å². The second-order valence-electron chi connectivity index (χ2n) is 4.03. The molecule has 0 radical (unpaired) electrons. The first-order valence-electron chi connectivity index (χ1n) is 5.57. The Kier molecular flexibility index (Phi) is 2.53. The number of carboxylic acid groups (broad SMARTS) is 1. The molecule has 0 unspecified atom stereocenters. The van der Waals surface area contributed by atoms with Gasteiger partial charge in [-0.25, -0.2) is 9.78 Å². The summed E-state index contributed by atoms with van der Waals surface area (Å²) >= 11 is 0. The second-order valence-corrected chi connectivity index (χ2v) is 4.03. The molecule has 0 aromatic carbocycles. The third-order valence-corrected chi connectivity index (χ3v) is 2.76. The number of carboxylic acids is 1. The van der Waals surface area contributed by atoms with Crippen LogP contribution in [0.1, 0.15) is 16.3 Å². The van der Waals surface area contributed by atoms with Crippen LogP contribution in [0, 0.1) is 0 Å². The number of H-pyrrole nitrogens is 1. The fourth-order valence-corrected chi connectivity index (χ4v) is 1.82. The molecule has 0 saturated heterocycles. The first kappa shape index (κ1) is 12.0. The van der Waals surface area contributed by atoms with E-state index in [1.165, 1.54) is 23.0 Å². The van der Waals surface area contributed by atoms with E-state index >= 15 is 0 Å². The number of anilines is 1. The highest BCUT2D eigenvalue weighted by molar-refractivity contribution is 5.84. The summed E-state index contributed by atoms with van der Waals surface area (Å²) in [6.07, 6.45) is 1.35. The lowest BCUT2D eigenvalue weighted by Gasteiger charge is -2.06. The zero-order valence-corrected chi connectivity index (χ0v) is 10.0. The van der Waals surface area contributed by atoms with E-state index in [0.29, 0.717) is 0 Å². The second kappa shape index (κ2) is 4.23. The Hall–Kier alpha value is -3.10. The lowest BCUT2D eigenvalue weighted by molar-refractivity contribution is 0.0660. The average molecular weight is 275 g/mol. The molecule has 0 spiro atoms. The number of fused-ring (bicyclic) bond motifs is 1. The van der Waals surface area contributed by atoms with Gasteiger partial charge in [-0.05, 0) is 12.1 Å². The Morgan fingerprint density at radius 1 is 1.50 bits per heavy atom. The maximum absolute atomic E-state index is 12.2. The number of furan rings is 1.